The van der Waals surface area contributed by atoms with Crippen molar-refractivity contribution in [2.24, 2.45) is 5.92 Å². The molecule has 0 saturated heterocycles. The average Bonchev–Trinajstić information content (AvgIpc) is 3.33. The Morgan fingerprint density at radius 3 is 2.24 bits per heavy atom. The zero-order valence-corrected chi connectivity index (χ0v) is 12.9. The molecule has 1 aromatic carbocycles. The molecule has 0 aliphatic heterocycles. The van der Waals surface area contributed by atoms with Crippen molar-refractivity contribution in [1.82, 2.24) is 0 Å². The number of methoxy groups -OCH3 is 1. The minimum Gasteiger partial charge on any atom is -0.490 e. The highest BCUT2D eigenvalue weighted by Gasteiger charge is 2.41. The zero-order valence-electron chi connectivity index (χ0n) is 12.9. The molecule has 0 N–H and O–H groups in total. The fourth-order valence-corrected chi connectivity index (χ4v) is 3.08. The van der Waals surface area contributed by atoms with Crippen LogP contribution in [0.5, 0.6) is 5.75 Å². The summed E-state index contributed by atoms with van der Waals surface area (Å²) in [6.45, 7) is 2.24. The van der Waals surface area contributed by atoms with Gasteiger partial charge in [0.2, 0.25) is 0 Å². The molecular weight excluding hydrogens is 264 g/mol. The highest BCUT2D eigenvalue weighted by molar-refractivity contribution is 6.02. The van der Waals surface area contributed by atoms with Crippen LogP contribution in [0.3, 0.4) is 0 Å². The van der Waals surface area contributed by atoms with Crippen LogP contribution in [0.2, 0.25) is 0 Å². The van der Waals surface area contributed by atoms with Gasteiger partial charge in [0.1, 0.15) is 11.4 Å². The molecular formula is C18H24O3. The van der Waals surface area contributed by atoms with Gasteiger partial charge in [-0.1, -0.05) is 6.92 Å². The molecule has 2 aliphatic carbocycles. The Kier molecular flexibility index (Phi) is 4.03. The van der Waals surface area contributed by atoms with E-state index in [9.17, 15) is 4.79 Å². The molecule has 3 heteroatoms. The quantitative estimate of drug-likeness (QED) is 0.768. The van der Waals surface area contributed by atoms with Crippen LogP contribution >= 0.6 is 0 Å². The molecule has 0 heterocycles. The third-order valence-corrected chi connectivity index (χ3v) is 4.83. The van der Waals surface area contributed by atoms with Crippen LogP contribution in [0.15, 0.2) is 24.3 Å². The lowest BCUT2D eigenvalue weighted by molar-refractivity contribution is -0.0263. The molecule has 2 saturated carbocycles. The number of ether oxygens (including phenoxy) is 2. The lowest BCUT2D eigenvalue weighted by atomic mass is 9.75. The van der Waals surface area contributed by atoms with Gasteiger partial charge in [-0.15, -0.1) is 0 Å². The summed E-state index contributed by atoms with van der Waals surface area (Å²) in [6.07, 6.45) is 6.44. The van der Waals surface area contributed by atoms with Crippen molar-refractivity contribution in [3.8, 4) is 5.75 Å². The summed E-state index contributed by atoms with van der Waals surface area (Å²) < 4.78 is 11.4. The molecule has 2 aliphatic rings. The summed E-state index contributed by atoms with van der Waals surface area (Å²) in [6, 6.07) is 7.55. The van der Waals surface area contributed by atoms with E-state index in [1.54, 1.807) is 7.11 Å². The largest absolute Gasteiger partial charge is 0.490 e. The summed E-state index contributed by atoms with van der Waals surface area (Å²) >= 11 is 0. The average molecular weight is 288 g/mol. The maximum Gasteiger partial charge on any atom is 0.194 e. The number of Topliss-reactive ketones (excluding diaryl/α,β-unsaturated/α-hetero) is 1. The van der Waals surface area contributed by atoms with Crippen LogP contribution in [0, 0.1) is 5.92 Å². The minimum absolute atomic E-state index is 0.120. The predicted octanol–water partition coefficient (Wildman–Crippen LogP) is 4.01. The second-order valence-corrected chi connectivity index (χ2v) is 6.55. The molecule has 21 heavy (non-hydrogen) atoms. The van der Waals surface area contributed by atoms with E-state index in [0.717, 1.165) is 49.8 Å². The first-order valence-electron chi connectivity index (χ1n) is 8.00. The first-order valence-corrected chi connectivity index (χ1v) is 8.00. The standard InChI is InChI=1S/C18H24O3/c1-13-9-11-18(20-2,12-10-13)17(19)14-3-5-15(6-4-14)21-16-7-8-16/h3-6,13,16H,7-12H2,1-2H3. The van der Waals surface area contributed by atoms with E-state index in [2.05, 4.69) is 6.92 Å². The Hall–Kier alpha value is -1.35. The molecule has 2 fully saturated rings. The van der Waals surface area contributed by atoms with Crippen molar-refractivity contribution in [2.45, 2.75) is 57.2 Å². The third-order valence-electron chi connectivity index (χ3n) is 4.83. The number of carbonyl (C=O) groups is 1. The van der Waals surface area contributed by atoms with Gasteiger partial charge in [-0.3, -0.25) is 4.79 Å². The van der Waals surface area contributed by atoms with Gasteiger partial charge in [0.15, 0.2) is 5.78 Å². The first-order chi connectivity index (χ1) is 10.1. The van der Waals surface area contributed by atoms with Crippen LogP contribution in [-0.4, -0.2) is 24.6 Å². The Bertz CT molecular complexity index is 494. The van der Waals surface area contributed by atoms with E-state index in [-0.39, 0.29) is 5.78 Å². The molecule has 0 aromatic heterocycles. The first kappa shape index (κ1) is 14.6. The second kappa shape index (κ2) is 5.80. The van der Waals surface area contributed by atoms with Crippen molar-refractivity contribution in [3.63, 3.8) is 0 Å². The highest BCUT2D eigenvalue weighted by atomic mass is 16.5. The fourth-order valence-electron chi connectivity index (χ4n) is 3.08. The van der Waals surface area contributed by atoms with Crippen molar-refractivity contribution >= 4 is 5.78 Å². The fraction of sp³-hybridized carbons (Fsp3) is 0.611. The maximum atomic E-state index is 12.8. The van der Waals surface area contributed by atoms with Crippen molar-refractivity contribution in [1.29, 1.82) is 0 Å². The number of rotatable bonds is 5. The number of hydrogen-bond acceptors (Lipinski definition) is 3. The van der Waals surface area contributed by atoms with Gasteiger partial charge in [0, 0.05) is 12.7 Å². The molecule has 0 amide bonds. The second-order valence-electron chi connectivity index (χ2n) is 6.55. The summed E-state index contributed by atoms with van der Waals surface area (Å²) in [5.41, 5.74) is 0.111. The predicted molar refractivity (Wildman–Crippen MR) is 81.8 cm³/mol. The van der Waals surface area contributed by atoms with Crippen molar-refractivity contribution < 1.29 is 14.3 Å². The molecule has 0 spiro atoms. The third kappa shape index (κ3) is 3.13. The van der Waals surface area contributed by atoms with Gasteiger partial charge in [0.25, 0.3) is 0 Å². The van der Waals surface area contributed by atoms with E-state index < -0.39 is 5.60 Å². The lowest BCUT2D eigenvalue weighted by Crippen LogP contribution is -2.43. The SMILES string of the molecule is COC1(C(=O)c2ccc(OC3CC3)cc2)CCC(C)CC1. The van der Waals surface area contributed by atoms with Gasteiger partial charge in [-0.05, 0) is 68.7 Å². The Balaban J connectivity index is 1.73. The number of ketones is 1. The van der Waals surface area contributed by atoms with E-state index in [4.69, 9.17) is 9.47 Å². The van der Waals surface area contributed by atoms with E-state index in [1.165, 1.54) is 0 Å². The van der Waals surface area contributed by atoms with Gasteiger partial charge in [-0.25, -0.2) is 0 Å². The summed E-state index contributed by atoms with van der Waals surface area (Å²) in [5, 5.41) is 0. The van der Waals surface area contributed by atoms with Crippen LogP contribution < -0.4 is 4.74 Å². The molecule has 0 radical (unpaired) electrons. The summed E-state index contributed by atoms with van der Waals surface area (Å²) in [5.74, 6) is 1.67. The zero-order chi connectivity index (χ0) is 14.9. The molecule has 0 atom stereocenters. The van der Waals surface area contributed by atoms with Gasteiger partial charge >= 0.3 is 0 Å². The molecule has 1 aromatic rings. The summed E-state index contributed by atoms with van der Waals surface area (Å²) in [7, 11) is 1.67. The lowest BCUT2D eigenvalue weighted by Gasteiger charge is -2.37. The van der Waals surface area contributed by atoms with Gasteiger partial charge < -0.3 is 9.47 Å². The van der Waals surface area contributed by atoms with Crippen LogP contribution in [-0.2, 0) is 4.74 Å². The van der Waals surface area contributed by atoms with Crippen molar-refractivity contribution in [2.75, 3.05) is 7.11 Å². The van der Waals surface area contributed by atoms with E-state index >= 15 is 0 Å². The van der Waals surface area contributed by atoms with Crippen molar-refractivity contribution in [3.05, 3.63) is 29.8 Å². The van der Waals surface area contributed by atoms with E-state index in [0.29, 0.717) is 12.0 Å². The van der Waals surface area contributed by atoms with Gasteiger partial charge in [0.05, 0.1) is 6.10 Å². The molecule has 3 nitrogen and oxygen atoms in total. The molecule has 3 rings (SSSR count). The van der Waals surface area contributed by atoms with Crippen LogP contribution in [0.4, 0.5) is 0 Å². The maximum absolute atomic E-state index is 12.8. The Morgan fingerprint density at radius 1 is 1.10 bits per heavy atom. The normalized spacial score (nSPS) is 29.1. The van der Waals surface area contributed by atoms with Gasteiger partial charge in [-0.2, -0.15) is 0 Å². The van der Waals surface area contributed by atoms with Crippen LogP contribution in [0.25, 0.3) is 0 Å². The molecule has 0 bridgehead atoms. The number of carbonyl (C=O) groups excluding carboxylic acids is 1. The smallest absolute Gasteiger partial charge is 0.194 e. The van der Waals surface area contributed by atoms with E-state index in [1.807, 2.05) is 24.3 Å². The number of benzene rings is 1. The topological polar surface area (TPSA) is 35.5 Å². The molecule has 0 unspecified atom stereocenters. The summed E-state index contributed by atoms with van der Waals surface area (Å²) in [4.78, 5) is 12.8. The highest BCUT2D eigenvalue weighted by Crippen LogP contribution is 2.37. The monoisotopic (exact) mass is 288 g/mol. The Morgan fingerprint density at radius 2 is 1.71 bits per heavy atom. The number of hydrogen-bond donors (Lipinski definition) is 0. The minimum atomic E-state index is -0.620. The Labute approximate surface area is 126 Å². The van der Waals surface area contributed by atoms with Crippen LogP contribution in [0.1, 0.15) is 55.8 Å². The molecule has 114 valence electrons.